The molecule has 180 valence electrons. The standard InChI is InChI=1S/C26H26N4O5/c27-23(31)14-29-24-12-10-16(13-28-24)9-11-22(25(32)33)30-26(34)35-15-21-19-7-3-1-5-17(19)18-6-2-4-8-20(18)21/h1-8,10,12-13,21-22H,9,11,14-15H2,(H2,27,31)(H,28,29)(H,30,34)(H,32,33)/t22-/m0/s1. The smallest absolute Gasteiger partial charge is 0.407 e. The molecule has 5 N–H and O–H groups in total. The lowest BCUT2D eigenvalue weighted by molar-refractivity contribution is -0.139. The van der Waals surface area contributed by atoms with Crippen molar-refractivity contribution in [3.63, 3.8) is 0 Å². The molecule has 0 spiro atoms. The Balaban J connectivity index is 1.32. The van der Waals surface area contributed by atoms with Gasteiger partial charge in [0, 0.05) is 12.1 Å². The first kappa shape index (κ1) is 23.7. The van der Waals surface area contributed by atoms with Crippen LogP contribution in [0.2, 0.25) is 0 Å². The van der Waals surface area contributed by atoms with Gasteiger partial charge >= 0.3 is 12.1 Å². The molecule has 1 aliphatic rings. The van der Waals surface area contributed by atoms with Crippen molar-refractivity contribution >= 4 is 23.8 Å². The van der Waals surface area contributed by atoms with Crippen LogP contribution < -0.4 is 16.4 Å². The zero-order chi connectivity index (χ0) is 24.8. The minimum atomic E-state index is -1.15. The number of benzene rings is 2. The predicted molar refractivity (Wildman–Crippen MR) is 130 cm³/mol. The molecule has 0 bridgehead atoms. The number of carboxylic acids is 1. The highest BCUT2D eigenvalue weighted by atomic mass is 16.5. The Morgan fingerprint density at radius 2 is 1.66 bits per heavy atom. The van der Waals surface area contributed by atoms with Gasteiger partial charge in [0.2, 0.25) is 5.91 Å². The van der Waals surface area contributed by atoms with Crippen molar-refractivity contribution in [1.29, 1.82) is 0 Å². The first-order valence-corrected chi connectivity index (χ1v) is 11.2. The average Bonchev–Trinajstić information content (AvgIpc) is 3.18. The van der Waals surface area contributed by atoms with Crippen molar-refractivity contribution in [3.05, 3.63) is 83.6 Å². The first-order chi connectivity index (χ1) is 16.9. The number of alkyl carbamates (subject to hydrolysis) is 1. The number of nitrogens with zero attached hydrogens (tertiary/aromatic N) is 1. The molecule has 1 aromatic heterocycles. The molecule has 0 radical (unpaired) electrons. The summed E-state index contributed by atoms with van der Waals surface area (Å²) in [7, 11) is 0. The summed E-state index contributed by atoms with van der Waals surface area (Å²) in [6, 6.07) is 18.3. The normalized spacial score (nSPS) is 12.8. The zero-order valence-electron chi connectivity index (χ0n) is 18.9. The number of pyridine rings is 1. The molecular weight excluding hydrogens is 448 g/mol. The molecule has 1 atom stereocenters. The van der Waals surface area contributed by atoms with Crippen LogP contribution in [0.5, 0.6) is 0 Å². The molecule has 9 nitrogen and oxygen atoms in total. The lowest BCUT2D eigenvalue weighted by Gasteiger charge is -2.17. The summed E-state index contributed by atoms with van der Waals surface area (Å²) < 4.78 is 5.46. The van der Waals surface area contributed by atoms with Crippen LogP contribution in [0.3, 0.4) is 0 Å². The van der Waals surface area contributed by atoms with E-state index < -0.39 is 24.0 Å². The molecule has 0 unspecified atom stereocenters. The molecule has 4 rings (SSSR count). The number of aromatic nitrogens is 1. The number of fused-ring (bicyclic) bond motifs is 3. The summed E-state index contributed by atoms with van der Waals surface area (Å²) in [5, 5.41) is 14.8. The van der Waals surface area contributed by atoms with Crippen LogP contribution in [0.1, 0.15) is 29.0 Å². The Morgan fingerprint density at radius 3 is 2.23 bits per heavy atom. The minimum Gasteiger partial charge on any atom is -0.480 e. The van der Waals surface area contributed by atoms with Gasteiger partial charge in [-0.1, -0.05) is 54.6 Å². The van der Waals surface area contributed by atoms with Crippen LogP contribution in [-0.2, 0) is 20.7 Å². The Hall–Kier alpha value is -4.40. The van der Waals surface area contributed by atoms with Gasteiger partial charge < -0.3 is 26.2 Å². The van der Waals surface area contributed by atoms with E-state index in [0.29, 0.717) is 12.2 Å². The van der Waals surface area contributed by atoms with Crippen molar-refractivity contribution in [1.82, 2.24) is 10.3 Å². The number of nitrogens with one attached hydrogen (secondary N) is 2. The maximum atomic E-state index is 12.5. The highest BCUT2D eigenvalue weighted by molar-refractivity contribution is 5.81. The first-order valence-electron chi connectivity index (χ1n) is 11.2. The predicted octanol–water partition coefficient (Wildman–Crippen LogP) is 2.90. The monoisotopic (exact) mass is 474 g/mol. The van der Waals surface area contributed by atoms with Gasteiger partial charge in [-0.05, 0) is 46.7 Å². The van der Waals surface area contributed by atoms with Crippen LogP contribution in [0.15, 0.2) is 66.9 Å². The van der Waals surface area contributed by atoms with E-state index in [0.717, 1.165) is 27.8 Å². The lowest BCUT2D eigenvalue weighted by Crippen LogP contribution is -2.41. The summed E-state index contributed by atoms with van der Waals surface area (Å²) >= 11 is 0. The molecule has 35 heavy (non-hydrogen) atoms. The molecule has 0 aliphatic heterocycles. The molecule has 9 heteroatoms. The van der Waals surface area contributed by atoms with Gasteiger partial charge in [-0.2, -0.15) is 0 Å². The van der Waals surface area contributed by atoms with E-state index in [1.54, 1.807) is 18.3 Å². The molecule has 0 saturated carbocycles. The van der Waals surface area contributed by atoms with Crippen LogP contribution in [0, 0.1) is 0 Å². The van der Waals surface area contributed by atoms with Crippen LogP contribution in [0.4, 0.5) is 10.6 Å². The van der Waals surface area contributed by atoms with Gasteiger partial charge in [-0.3, -0.25) is 4.79 Å². The summed E-state index contributed by atoms with van der Waals surface area (Å²) in [4.78, 5) is 39.2. The molecule has 1 aliphatic carbocycles. The van der Waals surface area contributed by atoms with E-state index in [1.807, 2.05) is 48.5 Å². The molecule has 0 saturated heterocycles. The quantitative estimate of drug-likeness (QED) is 0.354. The Kier molecular flexibility index (Phi) is 7.25. The lowest BCUT2D eigenvalue weighted by atomic mass is 9.98. The number of anilines is 1. The second-order valence-corrected chi connectivity index (χ2v) is 8.27. The molecule has 1 heterocycles. The Labute approximate surface area is 202 Å². The zero-order valence-corrected chi connectivity index (χ0v) is 18.9. The number of aryl methyl sites for hydroxylation is 1. The van der Waals surface area contributed by atoms with E-state index in [2.05, 4.69) is 15.6 Å². The fourth-order valence-electron chi connectivity index (χ4n) is 4.21. The number of carbonyl (C=O) groups excluding carboxylic acids is 2. The Morgan fingerprint density at radius 1 is 1.00 bits per heavy atom. The fraction of sp³-hybridized carbons (Fsp3) is 0.231. The van der Waals surface area contributed by atoms with Gasteiger partial charge in [0.05, 0.1) is 6.54 Å². The number of hydrogen-bond donors (Lipinski definition) is 4. The number of ether oxygens (including phenoxy) is 1. The van der Waals surface area contributed by atoms with E-state index in [-0.39, 0.29) is 25.5 Å². The molecule has 2 aromatic carbocycles. The second kappa shape index (κ2) is 10.7. The fourth-order valence-corrected chi connectivity index (χ4v) is 4.21. The third kappa shape index (κ3) is 5.75. The largest absolute Gasteiger partial charge is 0.480 e. The van der Waals surface area contributed by atoms with Crippen LogP contribution in [-0.4, -0.2) is 47.3 Å². The number of primary amides is 1. The molecular formula is C26H26N4O5. The van der Waals surface area contributed by atoms with Crippen molar-refractivity contribution < 1.29 is 24.2 Å². The maximum absolute atomic E-state index is 12.5. The van der Waals surface area contributed by atoms with E-state index in [9.17, 15) is 19.5 Å². The topological polar surface area (TPSA) is 144 Å². The van der Waals surface area contributed by atoms with Crippen molar-refractivity contribution in [2.45, 2.75) is 24.8 Å². The summed E-state index contributed by atoms with van der Waals surface area (Å²) in [5.41, 5.74) is 10.3. The molecule has 2 amide bonds. The van der Waals surface area contributed by atoms with Gasteiger partial charge in [0.15, 0.2) is 0 Å². The Bertz CT molecular complexity index is 1180. The summed E-state index contributed by atoms with van der Waals surface area (Å²) in [5.74, 6) is -1.27. The van der Waals surface area contributed by atoms with Crippen molar-refractivity contribution in [3.8, 4) is 11.1 Å². The third-order valence-electron chi connectivity index (χ3n) is 5.92. The van der Waals surface area contributed by atoms with Crippen molar-refractivity contribution in [2.75, 3.05) is 18.5 Å². The maximum Gasteiger partial charge on any atom is 0.407 e. The number of nitrogens with two attached hydrogens (primary N) is 1. The van der Waals surface area contributed by atoms with Gasteiger partial charge in [-0.25, -0.2) is 14.6 Å². The van der Waals surface area contributed by atoms with Gasteiger partial charge in [-0.15, -0.1) is 0 Å². The SMILES string of the molecule is NC(=O)CNc1ccc(CC[C@H](NC(=O)OCC2c3ccccc3-c3ccccc32)C(=O)O)cn1. The number of amides is 2. The highest BCUT2D eigenvalue weighted by Gasteiger charge is 2.29. The summed E-state index contributed by atoms with van der Waals surface area (Å²) in [6.45, 7) is 0.0768. The highest BCUT2D eigenvalue weighted by Crippen LogP contribution is 2.44. The molecule has 3 aromatic rings. The van der Waals surface area contributed by atoms with Gasteiger partial charge in [0.1, 0.15) is 18.5 Å². The van der Waals surface area contributed by atoms with Crippen LogP contribution in [0.25, 0.3) is 11.1 Å². The summed E-state index contributed by atoms with van der Waals surface area (Å²) in [6.07, 6.45) is 1.34. The number of carboxylic acid groups (broad SMARTS) is 1. The number of carbonyl (C=O) groups is 3. The van der Waals surface area contributed by atoms with E-state index >= 15 is 0 Å². The van der Waals surface area contributed by atoms with E-state index in [4.69, 9.17) is 10.5 Å². The number of rotatable bonds is 10. The second-order valence-electron chi connectivity index (χ2n) is 8.27. The van der Waals surface area contributed by atoms with Crippen molar-refractivity contribution in [2.24, 2.45) is 5.73 Å². The molecule has 0 fully saturated rings. The van der Waals surface area contributed by atoms with Crippen LogP contribution >= 0.6 is 0 Å². The van der Waals surface area contributed by atoms with E-state index in [1.165, 1.54) is 0 Å². The number of hydrogen-bond acceptors (Lipinski definition) is 6. The number of aliphatic carboxylic acids is 1. The van der Waals surface area contributed by atoms with Gasteiger partial charge in [0.25, 0.3) is 0 Å². The average molecular weight is 475 g/mol. The minimum absolute atomic E-state index is 0.0303. The third-order valence-corrected chi connectivity index (χ3v) is 5.92.